The Hall–Kier alpha value is -1.54. The first kappa shape index (κ1) is 11.0. The summed E-state index contributed by atoms with van der Waals surface area (Å²) in [4.78, 5) is 3.05. The van der Waals surface area contributed by atoms with Crippen molar-refractivity contribution in [1.82, 2.24) is 10.3 Å². The van der Waals surface area contributed by atoms with Crippen molar-refractivity contribution in [3.8, 4) is 0 Å². The molecule has 2 nitrogen and oxygen atoms in total. The highest BCUT2D eigenvalue weighted by Gasteiger charge is 1.94. The Morgan fingerprint density at radius 2 is 1.88 bits per heavy atom. The molecule has 0 fully saturated rings. The van der Waals surface area contributed by atoms with E-state index in [2.05, 4.69) is 47.6 Å². The third-order valence-electron chi connectivity index (χ3n) is 2.70. The Bertz CT molecular complexity index is 401. The van der Waals surface area contributed by atoms with Crippen molar-refractivity contribution in [1.29, 1.82) is 0 Å². The van der Waals surface area contributed by atoms with Crippen molar-refractivity contribution in [2.24, 2.45) is 0 Å². The molecule has 0 aliphatic rings. The van der Waals surface area contributed by atoms with Crippen molar-refractivity contribution in [3.63, 3.8) is 0 Å². The van der Waals surface area contributed by atoms with Gasteiger partial charge in [0.05, 0.1) is 0 Å². The van der Waals surface area contributed by atoms with Gasteiger partial charge in [0.1, 0.15) is 0 Å². The average Bonchev–Trinajstić information content (AvgIpc) is 2.80. The Kier molecular flexibility index (Phi) is 3.78. The molecule has 0 saturated carbocycles. The van der Waals surface area contributed by atoms with Crippen molar-refractivity contribution in [2.75, 3.05) is 6.54 Å². The van der Waals surface area contributed by atoms with E-state index in [9.17, 15) is 0 Å². The summed E-state index contributed by atoms with van der Waals surface area (Å²) in [6, 6.07) is 10.8. The number of nitrogens with one attached hydrogen (secondary N) is 2. The van der Waals surface area contributed by atoms with E-state index in [0.29, 0.717) is 0 Å². The summed E-state index contributed by atoms with van der Waals surface area (Å²) < 4.78 is 0. The van der Waals surface area contributed by atoms with Crippen LogP contribution < -0.4 is 5.32 Å². The van der Waals surface area contributed by atoms with Gasteiger partial charge in [-0.25, -0.2) is 0 Å². The Morgan fingerprint density at radius 3 is 2.56 bits per heavy atom. The predicted molar refractivity (Wildman–Crippen MR) is 67.4 cm³/mol. The Labute approximate surface area is 96.7 Å². The Morgan fingerprint density at radius 1 is 1.06 bits per heavy atom. The number of aromatic amines is 1. The second-order valence-corrected chi connectivity index (χ2v) is 4.13. The van der Waals surface area contributed by atoms with E-state index in [0.717, 1.165) is 19.5 Å². The zero-order valence-corrected chi connectivity index (χ0v) is 9.66. The van der Waals surface area contributed by atoms with Gasteiger partial charge in [0.15, 0.2) is 0 Å². The average molecular weight is 214 g/mol. The zero-order valence-electron chi connectivity index (χ0n) is 9.66. The van der Waals surface area contributed by atoms with Gasteiger partial charge in [0.25, 0.3) is 0 Å². The minimum atomic E-state index is 0.940. The predicted octanol–water partition coefficient (Wildman–Crippen LogP) is 2.66. The lowest BCUT2D eigenvalue weighted by Crippen LogP contribution is -2.16. The molecular formula is C14H18N2. The van der Waals surface area contributed by atoms with Gasteiger partial charge >= 0.3 is 0 Å². The molecule has 0 unspecified atom stereocenters. The van der Waals surface area contributed by atoms with Gasteiger partial charge in [-0.1, -0.05) is 29.8 Å². The van der Waals surface area contributed by atoms with Crippen LogP contribution in [0.4, 0.5) is 0 Å². The molecule has 1 aromatic carbocycles. The standard InChI is InChI=1S/C14H18N2/c1-12-2-4-13(5-3-12)6-8-15-10-14-7-9-16-11-14/h2-5,7,9,11,15-16H,6,8,10H2,1H3. The van der Waals surface area contributed by atoms with Gasteiger partial charge in [-0.2, -0.15) is 0 Å². The van der Waals surface area contributed by atoms with Crippen molar-refractivity contribution in [2.45, 2.75) is 19.9 Å². The zero-order chi connectivity index (χ0) is 11.2. The van der Waals surface area contributed by atoms with Gasteiger partial charge in [0.2, 0.25) is 0 Å². The van der Waals surface area contributed by atoms with Crippen LogP contribution in [0.15, 0.2) is 42.7 Å². The molecule has 84 valence electrons. The molecule has 0 atom stereocenters. The van der Waals surface area contributed by atoms with Crippen LogP contribution in [0, 0.1) is 6.92 Å². The molecule has 0 spiro atoms. The van der Waals surface area contributed by atoms with Crippen LogP contribution in [0.2, 0.25) is 0 Å². The second kappa shape index (κ2) is 5.52. The number of hydrogen-bond acceptors (Lipinski definition) is 1. The van der Waals surface area contributed by atoms with E-state index in [1.54, 1.807) is 0 Å². The fourth-order valence-electron chi connectivity index (χ4n) is 1.69. The van der Waals surface area contributed by atoms with Crippen LogP contribution in [0.3, 0.4) is 0 Å². The van der Waals surface area contributed by atoms with Crippen molar-refractivity contribution >= 4 is 0 Å². The summed E-state index contributed by atoms with van der Waals surface area (Å²) in [5, 5.41) is 3.43. The van der Waals surface area contributed by atoms with E-state index in [1.165, 1.54) is 16.7 Å². The maximum absolute atomic E-state index is 3.43. The summed E-state index contributed by atoms with van der Waals surface area (Å²) in [7, 11) is 0. The molecule has 2 rings (SSSR count). The minimum absolute atomic E-state index is 0.940. The molecule has 0 aliphatic carbocycles. The summed E-state index contributed by atoms with van der Waals surface area (Å²) in [6.07, 6.45) is 5.07. The lowest BCUT2D eigenvalue weighted by Gasteiger charge is -2.04. The number of benzene rings is 1. The number of rotatable bonds is 5. The van der Waals surface area contributed by atoms with Gasteiger partial charge in [0, 0.05) is 18.9 Å². The van der Waals surface area contributed by atoms with Crippen LogP contribution in [0.5, 0.6) is 0 Å². The number of aryl methyl sites for hydroxylation is 1. The highest BCUT2D eigenvalue weighted by Crippen LogP contribution is 2.03. The van der Waals surface area contributed by atoms with Gasteiger partial charge in [-0.3, -0.25) is 0 Å². The summed E-state index contributed by atoms with van der Waals surface area (Å²) >= 11 is 0. The summed E-state index contributed by atoms with van der Waals surface area (Å²) in [6.45, 7) is 4.08. The molecular weight excluding hydrogens is 196 g/mol. The van der Waals surface area contributed by atoms with Crippen LogP contribution >= 0.6 is 0 Å². The monoisotopic (exact) mass is 214 g/mol. The van der Waals surface area contributed by atoms with Gasteiger partial charge < -0.3 is 10.3 Å². The fourth-order valence-corrected chi connectivity index (χ4v) is 1.69. The highest BCUT2D eigenvalue weighted by molar-refractivity contribution is 5.21. The molecule has 0 amide bonds. The summed E-state index contributed by atoms with van der Waals surface area (Å²) in [5.41, 5.74) is 4.03. The second-order valence-electron chi connectivity index (χ2n) is 4.13. The molecule has 0 radical (unpaired) electrons. The number of aromatic nitrogens is 1. The third-order valence-corrected chi connectivity index (χ3v) is 2.70. The van der Waals surface area contributed by atoms with Gasteiger partial charge in [-0.05, 0) is 37.1 Å². The first-order chi connectivity index (χ1) is 7.84. The minimum Gasteiger partial charge on any atom is -0.367 e. The quantitative estimate of drug-likeness (QED) is 0.736. The van der Waals surface area contributed by atoms with E-state index < -0.39 is 0 Å². The van der Waals surface area contributed by atoms with E-state index in [4.69, 9.17) is 0 Å². The molecule has 0 saturated heterocycles. The summed E-state index contributed by atoms with van der Waals surface area (Å²) in [5.74, 6) is 0. The first-order valence-corrected chi connectivity index (χ1v) is 5.72. The van der Waals surface area contributed by atoms with Crippen LogP contribution in [0.1, 0.15) is 16.7 Å². The third kappa shape index (κ3) is 3.24. The first-order valence-electron chi connectivity index (χ1n) is 5.72. The van der Waals surface area contributed by atoms with Gasteiger partial charge in [-0.15, -0.1) is 0 Å². The Balaban J connectivity index is 1.70. The van der Waals surface area contributed by atoms with E-state index in [1.807, 2.05) is 12.4 Å². The maximum atomic E-state index is 3.43. The molecule has 16 heavy (non-hydrogen) atoms. The van der Waals surface area contributed by atoms with Crippen LogP contribution in [-0.4, -0.2) is 11.5 Å². The number of hydrogen-bond donors (Lipinski definition) is 2. The largest absolute Gasteiger partial charge is 0.367 e. The number of H-pyrrole nitrogens is 1. The normalized spacial score (nSPS) is 10.6. The van der Waals surface area contributed by atoms with Crippen LogP contribution in [0.25, 0.3) is 0 Å². The molecule has 2 heteroatoms. The highest BCUT2D eigenvalue weighted by atomic mass is 14.8. The molecule has 0 bridgehead atoms. The smallest absolute Gasteiger partial charge is 0.0220 e. The van der Waals surface area contributed by atoms with E-state index >= 15 is 0 Å². The van der Waals surface area contributed by atoms with E-state index in [-0.39, 0.29) is 0 Å². The van der Waals surface area contributed by atoms with Crippen molar-refractivity contribution in [3.05, 3.63) is 59.4 Å². The molecule has 2 aromatic rings. The molecule has 0 aliphatic heterocycles. The molecule has 1 aromatic heterocycles. The lowest BCUT2D eigenvalue weighted by atomic mass is 10.1. The van der Waals surface area contributed by atoms with Crippen LogP contribution in [-0.2, 0) is 13.0 Å². The maximum Gasteiger partial charge on any atom is 0.0220 e. The van der Waals surface area contributed by atoms with Crippen molar-refractivity contribution < 1.29 is 0 Å². The molecule has 2 N–H and O–H groups in total. The SMILES string of the molecule is Cc1ccc(CCNCc2cc[nH]c2)cc1. The fraction of sp³-hybridized carbons (Fsp3) is 0.286. The molecule has 1 heterocycles. The topological polar surface area (TPSA) is 27.8 Å². The lowest BCUT2D eigenvalue weighted by molar-refractivity contribution is 0.687.